The normalized spacial score (nSPS) is 18.9. The highest BCUT2D eigenvalue weighted by Gasteiger charge is 2.16. The Bertz CT molecular complexity index is 388. The van der Waals surface area contributed by atoms with E-state index in [0.29, 0.717) is 6.54 Å². The Balaban J connectivity index is 1.74. The van der Waals surface area contributed by atoms with E-state index < -0.39 is 0 Å². The lowest BCUT2D eigenvalue weighted by Gasteiger charge is -2.22. The van der Waals surface area contributed by atoms with Gasteiger partial charge in [0.05, 0.1) is 13.2 Å². The van der Waals surface area contributed by atoms with Crippen LogP contribution in [0.25, 0.3) is 0 Å². The number of nitrogens with one attached hydrogen (secondary N) is 1. The zero-order valence-electron chi connectivity index (χ0n) is 12.5. The molecule has 2 unspecified atom stereocenters. The molecule has 1 aliphatic heterocycles. The molecule has 20 heavy (non-hydrogen) atoms. The van der Waals surface area contributed by atoms with E-state index in [4.69, 9.17) is 4.74 Å². The third-order valence-corrected chi connectivity index (χ3v) is 3.94. The van der Waals surface area contributed by atoms with Crippen molar-refractivity contribution in [2.24, 2.45) is 0 Å². The molecule has 1 heterocycles. The van der Waals surface area contributed by atoms with Gasteiger partial charge in [-0.15, -0.1) is 0 Å². The number of likely N-dealkylation sites (tertiary alicyclic amines) is 1. The Kier molecular flexibility index (Phi) is 5.83. The second kappa shape index (κ2) is 7.62. The summed E-state index contributed by atoms with van der Waals surface area (Å²) in [7, 11) is 1.67. The van der Waals surface area contributed by atoms with Gasteiger partial charge in [-0.05, 0) is 50.6 Å². The predicted octanol–water partition coefficient (Wildman–Crippen LogP) is 1.80. The topological polar surface area (TPSA) is 44.7 Å². The summed E-state index contributed by atoms with van der Waals surface area (Å²) >= 11 is 0. The number of hydrogen-bond acceptors (Lipinski definition) is 4. The number of ether oxygens (including phenoxy) is 1. The first-order valence-corrected chi connectivity index (χ1v) is 7.47. The molecule has 0 aliphatic carbocycles. The molecule has 1 aromatic rings. The van der Waals surface area contributed by atoms with Crippen LogP contribution in [0.5, 0.6) is 5.75 Å². The van der Waals surface area contributed by atoms with E-state index in [1.165, 1.54) is 18.4 Å². The summed E-state index contributed by atoms with van der Waals surface area (Å²) in [5.41, 5.74) is 1.21. The van der Waals surface area contributed by atoms with Crippen molar-refractivity contribution in [3.63, 3.8) is 0 Å². The number of benzene rings is 1. The molecule has 0 spiro atoms. The van der Waals surface area contributed by atoms with Crippen LogP contribution < -0.4 is 10.1 Å². The molecule has 2 atom stereocenters. The molecule has 4 heteroatoms. The number of aliphatic hydroxyl groups excluding tert-OH is 1. The minimum Gasteiger partial charge on any atom is -0.497 e. The molecule has 2 rings (SSSR count). The smallest absolute Gasteiger partial charge is 0.118 e. The molecule has 0 aromatic heterocycles. The van der Waals surface area contributed by atoms with Gasteiger partial charge in [0.15, 0.2) is 0 Å². The van der Waals surface area contributed by atoms with Gasteiger partial charge < -0.3 is 20.1 Å². The van der Waals surface area contributed by atoms with Crippen molar-refractivity contribution in [1.82, 2.24) is 10.2 Å². The van der Waals surface area contributed by atoms with Gasteiger partial charge in [0.1, 0.15) is 5.75 Å². The van der Waals surface area contributed by atoms with Crippen LogP contribution in [0.1, 0.15) is 31.4 Å². The lowest BCUT2D eigenvalue weighted by atomic mass is 10.1. The first-order chi connectivity index (χ1) is 9.69. The van der Waals surface area contributed by atoms with Gasteiger partial charge in [0.2, 0.25) is 0 Å². The first kappa shape index (κ1) is 15.3. The largest absolute Gasteiger partial charge is 0.497 e. The van der Waals surface area contributed by atoms with Gasteiger partial charge in [-0.3, -0.25) is 0 Å². The molecular weight excluding hydrogens is 252 g/mol. The summed E-state index contributed by atoms with van der Waals surface area (Å²) in [4.78, 5) is 2.34. The Labute approximate surface area is 121 Å². The maximum absolute atomic E-state index is 10.1. The van der Waals surface area contributed by atoms with E-state index in [0.717, 1.165) is 25.4 Å². The molecular formula is C16H26N2O2. The number of hydrogen-bond donors (Lipinski definition) is 2. The van der Waals surface area contributed by atoms with Gasteiger partial charge in [-0.2, -0.15) is 0 Å². The number of methoxy groups -OCH3 is 1. The highest BCUT2D eigenvalue weighted by molar-refractivity contribution is 5.28. The molecule has 1 fully saturated rings. The first-order valence-electron chi connectivity index (χ1n) is 7.47. The molecule has 1 aromatic carbocycles. The van der Waals surface area contributed by atoms with Crippen LogP contribution in [0, 0.1) is 0 Å². The van der Waals surface area contributed by atoms with Gasteiger partial charge in [-0.1, -0.05) is 12.1 Å². The summed E-state index contributed by atoms with van der Waals surface area (Å²) in [5.74, 6) is 0.870. The maximum Gasteiger partial charge on any atom is 0.118 e. The van der Waals surface area contributed by atoms with Crippen LogP contribution in [0.3, 0.4) is 0 Å². The molecule has 1 saturated heterocycles. The van der Waals surface area contributed by atoms with Crippen molar-refractivity contribution in [3.8, 4) is 5.75 Å². The van der Waals surface area contributed by atoms with E-state index in [1.807, 2.05) is 12.1 Å². The predicted molar refractivity (Wildman–Crippen MR) is 81.1 cm³/mol. The highest BCUT2D eigenvalue weighted by Crippen LogP contribution is 2.17. The van der Waals surface area contributed by atoms with Gasteiger partial charge in [-0.25, -0.2) is 0 Å². The summed E-state index contributed by atoms with van der Waals surface area (Å²) < 4.78 is 5.16. The lowest BCUT2D eigenvalue weighted by Crippen LogP contribution is -2.37. The summed E-state index contributed by atoms with van der Waals surface area (Å²) in [6.07, 6.45) is 2.24. The van der Waals surface area contributed by atoms with Crippen LogP contribution in [-0.2, 0) is 0 Å². The maximum atomic E-state index is 10.1. The summed E-state index contributed by atoms with van der Waals surface area (Å²) in [6, 6.07) is 8.28. The average Bonchev–Trinajstić information content (AvgIpc) is 2.97. The second-order valence-electron chi connectivity index (χ2n) is 5.56. The van der Waals surface area contributed by atoms with E-state index in [9.17, 15) is 5.11 Å². The van der Waals surface area contributed by atoms with E-state index >= 15 is 0 Å². The fraction of sp³-hybridized carbons (Fsp3) is 0.625. The van der Waals surface area contributed by atoms with Crippen molar-refractivity contribution in [2.75, 3.05) is 33.3 Å². The van der Waals surface area contributed by atoms with Crippen molar-refractivity contribution < 1.29 is 9.84 Å². The van der Waals surface area contributed by atoms with Crippen molar-refractivity contribution in [1.29, 1.82) is 0 Å². The molecule has 0 amide bonds. The standard InChI is InChI=1S/C16H26N2O2/c1-13(14-5-7-16(20-2)8-6-14)17-11-15(19)12-18-9-3-4-10-18/h5-8,13,15,17,19H,3-4,9-12H2,1-2H3. The number of rotatable bonds is 7. The van der Waals surface area contributed by atoms with E-state index in [2.05, 4.69) is 29.3 Å². The molecule has 0 radical (unpaired) electrons. The third-order valence-electron chi connectivity index (χ3n) is 3.94. The van der Waals surface area contributed by atoms with Crippen molar-refractivity contribution in [3.05, 3.63) is 29.8 Å². The van der Waals surface area contributed by atoms with E-state index in [-0.39, 0.29) is 12.1 Å². The molecule has 4 nitrogen and oxygen atoms in total. The lowest BCUT2D eigenvalue weighted by molar-refractivity contribution is 0.121. The Morgan fingerprint density at radius 2 is 1.90 bits per heavy atom. The quantitative estimate of drug-likeness (QED) is 0.798. The zero-order valence-corrected chi connectivity index (χ0v) is 12.5. The minimum absolute atomic E-state index is 0.231. The molecule has 1 aliphatic rings. The number of β-amino-alcohol motifs (C(OH)–C–C–N with tert-alkyl or cyclic N) is 1. The molecule has 0 saturated carbocycles. The second-order valence-corrected chi connectivity index (χ2v) is 5.56. The fourth-order valence-electron chi connectivity index (χ4n) is 2.65. The van der Waals surface area contributed by atoms with Gasteiger partial charge in [0, 0.05) is 19.1 Å². The number of nitrogens with zero attached hydrogens (tertiary/aromatic N) is 1. The molecule has 2 N–H and O–H groups in total. The fourth-order valence-corrected chi connectivity index (χ4v) is 2.65. The van der Waals surface area contributed by atoms with Crippen LogP contribution in [0.2, 0.25) is 0 Å². The molecule has 112 valence electrons. The summed E-state index contributed by atoms with van der Waals surface area (Å²) in [5, 5.41) is 13.5. The van der Waals surface area contributed by atoms with Gasteiger partial charge in [0.25, 0.3) is 0 Å². The monoisotopic (exact) mass is 278 g/mol. The Hall–Kier alpha value is -1.10. The average molecular weight is 278 g/mol. The highest BCUT2D eigenvalue weighted by atomic mass is 16.5. The van der Waals surface area contributed by atoms with Crippen LogP contribution >= 0.6 is 0 Å². The van der Waals surface area contributed by atoms with Crippen molar-refractivity contribution >= 4 is 0 Å². The zero-order chi connectivity index (χ0) is 14.4. The van der Waals surface area contributed by atoms with Crippen LogP contribution in [0.15, 0.2) is 24.3 Å². The van der Waals surface area contributed by atoms with Crippen molar-refractivity contribution in [2.45, 2.75) is 31.9 Å². The Morgan fingerprint density at radius 3 is 2.50 bits per heavy atom. The van der Waals surface area contributed by atoms with Crippen LogP contribution in [0.4, 0.5) is 0 Å². The third kappa shape index (κ3) is 4.47. The van der Waals surface area contributed by atoms with E-state index in [1.54, 1.807) is 7.11 Å². The van der Waals surface area contributed by atoms with Crippen LogP contribution in [-0.4, -0.2) is 49.4 Å². The molecule has 0 bridgehead atoms. The van der Waals surface area contributed by atoms with Gasteiger partial charge >= 0.3 is 0 Å². The number of aliphatic hydroxyl groups is 1. The minimum atomic E-state index is -0.297. The Morgan fingerprint density at radius 1 is 1.25 bits per heavy atom. The SMILES string of the molecule is COc1ccc(C(C)NCC(O)CN2CCCC2)cc1. The summed E-state index contributed by atoms with van der Waals surface area (Å²) in [6.45, 7) is 5.78.